The predicted octanol–water partition coefficient (Wildman–Crippen LogP) is 11.5. The van der Waals surface area contributed by atoms with E-state index in [4.69, 9.17) is 5.79 Å². The molecule has 0 unspecified atom stereocenters. The highest BCUT2D eigenvalue weighted by Crippen LogP contribution is 2.48. The Morgan fingerprint density at radius 1 is 0.390 bits per heavy atom. The van der Waals surface area contributed by atoms with Crippen molar-refractivity contribution < 1.29 is 5.79 Å². The number of rotatable bonds is 2. The average molecular weight is 522 g/mol. The van der Waals surface area contributed by atoms with Crippen LogP contribution in [0.25, 0.3) is 87.3 Å². The first kappa shape index (κ1) is 21.4. The molecule has 0 aliphatic rings. The molecule has 41 heavy (non-hydrogen) atoms. The average Bonchev–Trinajstić information content (AvgIpc) is 3.44. The molecule has 9 aromatic rings. The summed E-state index contributed by atoms with van der Waals surface area (Å²) in [6.45, 7) is 0. The van der Waals surface area contributed by atoms with Crippen molar-refractivity contribution in [3.63, 3.8) is 0 Å². The Morgan fingerprint density at radius 3 is 1.66 bits per heavy atom. The van der Waals surface area contributed by atoms with E-state index in [1.54, 1.807) is 0 Å². The van der Waals surface area contributed by atoms with Crippen LogP contribution in [-0.4, -0.2) is 0 Å². The van der Waals surface area contributed by atoms with Crippen LogP contribution in [0.5, 0.6) is 0 Å². The molecule has 8 aromatic carbocycles. The van der Waals surface area contributed by atoms with E-state index >= 15 is 0 Å². The lowest BCUT2D eigenvalue weighted by Gasteiger charge is -2.19. The minimum absolute atomic E-state index is 0.547. The zero-order valence-corrected chi connectivity index (χ0v) is 22.2. The Hall–Kier alpha value is -5.40. The Labute approximate surface area is 238 Å². The summed E-state index contributed by atoms with van der Waals surface area (Å²) >= 11 is 0. The quantitative estimate of drug-likeness (QED) is 0.206. The van der Waals surface area contributed by atoms with Gasteiger partial charge in [0, 0.05) is 16.2 Å². The van der Waals surface area contributed by atoms with Crippen molar-refractivity contribution in [1.82, 2.24) is 0 Å². The van der Waals surface area contributed by atoms with Crippen LogP contribution in [0.4, 0.5) is 0 Å². The Morgan fingerprint density at radius 2 is 0.951 bits per heavy atom. The van der Waals surface area contributed by atoms with Crippen LogP contribution in [-0.2, 0) is 0 Å². The zero-order chi connectivity index (χ0) is 27.8. The monoisotopic (exact) mass is 521 g/mol. The lowest BCUT2D eigenvalue weighted by Crippen LogP contribution is -1.92. The van der Waals surface area contributed by atoms with Gasteiger partial charge in [-0.3, -0.25) is 0 Å². The fraction of sp³-hybridized carbons (Fsp3) is 0. The highest BCUT2D eigenvalue weighted by molar-refractivity contribution is 6.28. The second kappa shape index (κ2) is 8.55. The molecule has 9 rings (SSSR count). The Kier molecular flexibility index (Phi) is 4.47. The normalized spacial score (nSPS) is 12.2. The second-order valence-electron chi connectivity index (χ2n) is 10.7. The number of benzene rings is 8. The summed E-state index contributed by atoms with van der Waals surface area (Å²) in [4.78, 5) is 0. The third-order valence-corrected chi connectivity index (χ3v) is 8.56. The lowest BCUT2D eigenvalue weighted by atomic mass is 9.84. The van der Waals surface area contributed by atoms with Gasteiger partial charge < -0.3 is 4.42 Å². The van der Waals surface area contributed by atoms with Gasteiger partial charge in [-0.1, -0.05) is 133 Å². The van der Waals surface area contributed by atoms with Crippen molar-refractivity contribution in [2.45, 2.75) is 0 Å². The fourth-order valence-corrected chi connectivity index (χ4v) is 6.84. The summed E-state index contributed by atoms with van der Waals surface area (Å²) in [5.74, 6) is 0. The van der Waals surface area contributed by atoms with Gasteiger partial charge in [0.05, 0.1) is 1.37 Å². The van der Waals surface area contributed by atoms with Gasteiger partial charge in [-0.2, -0.15) is 0 Å². The zero-order valence-electron chi connectivity index (χ0n) is 23.2. The summed E-state index contributed by atoms with van der Waals surface area (Å²) in [6.07, 6.45) is 0. The van der Waals surface area contributed by atoms with Crippen LogP contribution in [0.3, 0.4) is 0 Å². The van der Waals surface area contributed by atoms with Crippen molar-refractivity contribution in [2.24, 2.45) is 0 Å². The largest absolute Gasteiger partial charge is 0.455 e. The van der Waals surface area contributed by atoms with E-state index in [1.807, 2.05) is 18.2 Å². The van der Waals surface area contributed by atoms with E-state index in [0.29, 0.717) is 6.04 Å². The van der Waals surface area contributed by atoms with Crippen LogP contribution < -0.4 is 0 Å². The summed E-state index contributed by atoms with van der Waals surface area (Å²) in [7, 11) is 0. The first-order chi connectivity index (χ1) is 20.8. The molecule has 190 valence electrons. The molecule has 0 spiro atoms. The third-order valence-electron chi connectivity index (χ3n) is 8.56. The third kappa shape index (κ3) is 3.18. The number of furan rings is 1. The molecule has 0 bridgehead atoms. The van der Waals surface area contributed by atoms with E-state index in [2.05, 4.69) is 121 Å². The molecule has 0 saturated heterocycles. The van der Waals surface area contributed by atoms with Gasteiger partial charge in [0.1, 0.15) is 11.2 Å². The summed E-state index contributed by atoms with van der Waals surface area (Å²) < 4.78 is 15.2. The van der Waals surface area contributed by atoms with E-state index in [-0.39, 0.29) is 0 Å². The molecule has 0 amide bonds. The molecular formula is C40H24O. The molecule has 1 heterocycles. The molecule has 0 atom stereocenters. The first-order valence-corrected chi connectivity index (χ1v) is 14.0. The molecule has 1 heteroatoms. The minimum atomic E-state index is 0.547. The van der Waals surface area contributed by atoms with Gasteiger partial charge in [0.25, 0.3) is 0 Å². The van der Waals surface area contributed by atoms with Crippen molar-refractivity contribution in [2.75, 3.05) is 0 Å². The second-order valence-corrected chi connectivity index (χ2v) is 10.7. The minimum Gasteiger partial charge on any atom is -0.455 e. The van der Waals surface area contributed by atoms with Crippen molar-refractivity contribution >= 4 is 65.0 Å². The Balaban J connectivity index is 1.46. The van der Waals surface area contributed by atoms with Crippen LogP contribution >= 0.6 is 0 Å². The molecule has 0 radical (unpaired) electrons. The molecular weight excluding hydrogens is 496 g/mol. The maximum absolute atomic E-state index is 8.56. The summed E-state index contributed by atoms with van der Waals surface area (Å²) in [6, 6.07) is 49.7. The predicted molar refractivity (Wildman–Crippen MR) is 175 cm³/mol. The van der Waals surface area contributed by atoms with Crippen molar-refractivity contribution in [1.29, 1.82) is 0 Å². The smallest absolute Gasteiger partial charge is 0.143 e. The first-order valence-electron chi connectivity index (χ1n) is 14.5. The van der Waals surface area contributed by atoms with Gasteiger partial charge in [0.2, 0.25) is 0 Å². The van der Waals surface area contributed by atoms with Gasteiger partial charge in [-0.05, 0) is 72.1 Å². The maximum atomic E-state index is 8.56. The summed E-state index contributed by atoms with van der Waals surface area (Å²) in [5.41, 5.74) is 6.57. The molecule has 0 aliphatic carbocycles. The van der Waals surface area contributed by atoms with Gasteiger partial charge in [0.15, 0.2) is 0 Å². The van der Waals surface area contributed by atoms with E-state index in [1.165, 1.54) is 43.6 Å². The SMILES string of the molecule is [2H]c1ccc(-c2c3ccccc3c(-c3cccc4oc5c6ccccc6ccc5c34)c3ccccc23)c2ccccc12. The molecule has 1 aromatic heterocycles. The van der Waals surface area contributed by atoms with Crippen molar-refractivity contribution in [3.05, 3.63) is 146 Å². The van der Waals surface area contributed by atoms with Crippen LogP contribution in [0, 0.1) is 0 Å². The van der Waals surface area contributed by atoms with E-state index < -0.39 is 0 Å². The summed E-state index contributed by atoms with van der Waals surface area (Å²) in [5, 5.41) is 11.5. The molecule has 0 saturated carbocycles. The molecule has 1 nitrogen and oxygen atoms in total. The van der Waals surface area contributed by atoms with E-state index in [9.17, 15) is 0 Å². The van der Waals surface area contributed by atoms with Crippen LogP contribution in [0.2, 0.25) is 0 Å². The lowest BCUT2D eigenvalue weighted by molar-refractivity contribution is 0.673. The Bertz CT molecular complexity index is 2480. The maximum Gasteiger partial charge on any atom is 0.143 e. The number of fused-ring (bicyclic) bond motifs is 8. The van der Waals surface area contributed by atoms with Crippen LogP contribution in [0.15, 0.2) is 150 Å². The fourth-order valence-electron chi connectivity index (χ4n) is 6.84. The standard InChI is InChI=1S/C40H24O/c1-3-14-27-25(11-1)13-9-20-29(27)37-30-16-5-7-18-32(30)38(33-19-8-6-17-31(33)37)34-21-10-22-36-39(34)35-24-23-26-12-2-4-15-28(26)40(35)41-36/h1-24H/i13D. The molecule has 0 fully saturated rings. The number of hydrogen-bond donors (Lipinski definition) is 0. The molecule has 0 N–H and O–H groups in total. The highest BCUT2D eigenvalue weighted by Gasteiger charge is 2.21. The molecule has 0 aliphatic heterocycles. The topological polar surface area (TPSA) is 13.1 Å². The van der Waals surface area contributed by atoms with Gasteiger partial charge in [-0.15, -0.1) is 0 Å². The van der Waals surface area contributed by atoms with E-state index in [0.717, 1.165) is 43.7 Å². The van der Waals surface area contributed by atoms with Gasteiger partial charge >= 0.3 is 0 Å². The number of hydrogen-bond acceptors (Lipinski definition) is 1. The van der Waals surface area contributed by atoms with Crippen molar-refractivity contribution in [3.8, 4) is 22.3 Å². The van der Waals surface area contributed by atoms with Crippen LogP contribution in [0.1, 0.15) is 1.37 Å². The highest BCUT2D eigenvalue weighted by atomic mass is 16.3. The van der Waals surface area contributed by atoms with Gasteiger partial charge in [-0.25, -0.2) is 0 Å².